The van der Waals surface area contributed by atoms with Gasteiger partial charge in [0.2, 0.25) is 5.91 Å². The van der Waals surface area contributed by atoms with Gasteiger partial charge in [0.05, 0.1) is 18.6 Å². The summed E-state index contributed by atoms with van der Waals surface area (Å²) in [4.78, 5) is 33.1. The molecule has 1 aromatic rings. The summed E-state index contributed by atoms with van der Waals surface area (Å²) in [6.45, 7) is 4.38. The van der Waals surface area contributed by atoms with E-state index in [2.05, 4.69) is 22.3 Å². The minimum absolute atomic E-state index is 0.0220. The summed E-state index contributed by atoms with van der Waals surface area (Å²) in [6.07, 6.45) is 6.45. The number of aliphatic hydroxyl groups excluding tert-OH is 1. The third kappa shape index (κ3) is 4.31. The van der Waals surface area contributed by atoms with Crippen LogP contribution in [-0.2, 0) is 4.79 Å². The first-order valence-corrected chi connectivity index (χ1v) is 13.9. The maximum Gasteiger partial charge on any atom is 0.320 e. The van der Waals surface area contributed by atoms with Crippen molar-refractivity contribution in [3.8, 4) is 5.75 Å². The fraction of sp³-hybridized carbons (Fsp3) is 0.714. The van der Waals surface area contributed by atoms with Crippen LogP contribution in [0.5, 0.6) is 5.75 Å². The number of piperazine rings is 1. The van der Waals surface area contributed by atoms with E-state index in [0.717, 1.165) is 76.0 Å². The molecule has 0 spiro atoms. The molecule has 0 radical (unpaired) electrons. The number of rotatable bonds is 4. The molecule has 2 N–H and O–H groups in total. The van der Waals surface area contributed by atoms with Crippen molar-refractivity contribution in [2.75, 3.05) is 51.3 Å². The lowest BCUT2D eigenvalue weighted by Crippen LogP contribution is -2.61. The Hall–Kier alpha value is -2.48. The lowest BCUT2D eigenvalue weighted by molar-refractivity contribution is -0.163. The van der Waals surface area contributed by atoms with Crippen LogP contribution in [0.2, 0.25) is 0 Å². The number of likely N-dealkylation sites (tertiary alicyclic amines) is 1. The quantitative estimate of drug-likeness (QED) is 0.670. The Morgan fingerprint density at radius 1 is 0.972 bits per heavy atom. The van der Waals surface area contributed by atoms with Gasteiger partial charge in [-0.05, 0) is 87.0 Å². The Morgan fingerprint density at radius 3 is 2.33 bits per heavy atom. The van der Waals surface area contributed by atoms with E-state index in [1.165, 1.54) is 0 Å². The molecule has 7 rings (SSSR count). The molecule has 8 nitrogen and oxygen atoms in total. The maximum atomic E-state index is 13.5. The number of hydrogen-bond acceptors (Lipinski definition) is 5. The number of nitrogens with one attached hydrogen (secondary N) is 1. The van der Waals surface area contributed by atoms with E-state index >= 15 is 0 Å². The Kier molecular flexibility index (Phi) is 6.26. The molecular formula is C28H40N4O4. The first-order valence-electron chi connectivity index (χ1n) is 13.9. The average Bonchev–Trinajstić information content (AvgIpc) is 2.91. The summed E-state index contributed by atoms with van der Waals surface area (Å²) < 4.78 is 5.26. The SMILES string of the molecule is COc1ccc(N2CCN(C(=O)N3CCC[C@H](NC(=O)C45CC6CC(C4)C(O)C(C6)C5)C3)CC2)cc1. The minimum atomic E-state index is -0.292. The number of aliphatic hydroxyl groups is 1. The zero-order valence-corrected chi connectivity index (χ0v) is 21.4. The molecule has 8 heteroatoms. The molecule has 196 valence electrons. The lowest BCUT2D eigenvalue weighted by Gasteiger charge is -2.58. The average molecular weight is 497 g/mol. The zero-order valence-electron chi connectivity index (χ0n) is 21.4. The monoisotopic (exact) mass is 496 g/mol. The van der Waals surface area contributed by atoms with Crippen molar-refractivity contribution >= 4 is 17.6 Å². The smallest absolute Gasteiger partial charge is 0.320 e. The topological polar surface area (TPSA) is 85.4 Å². The Bertz CT molecular complexity index is 960. The number of nitrogens with zero attached hydrogens (tertiary/aromatic N) is 3. The molecule has 2 aliphatic heterocycles. The second-order valence-corrected chi connectivity index (χ2v) is 12.0. The normalized spacial score (nSPS) is 35.6. The van der Waals surface area contributed by atoms with E-state index < -0.39 is 0 Å². The van der Waals surface area contributed by atoms with Gasteiger partial charge in [-0.1, -0.05) is 0 Å². The van der Waals surface area contributed by atoms with E-state index in [0.29, 0.717) is 37.4 Å². The second kappa shape index (κ2) is 9.43. The first kappa shape index (κ1) is 23.9. The van der Waals surface area contributed by atoms with Gasteiger partial charge in [0.15, 0.2) is 0 Å². The van der Waals surface area contributed by atoms with Crippen LogP contribution in [0.3, 0.4) is 0 Å². The predicted molar refractivity (Wildman–Crippen MR) is 137 cm³/mol. The molecule has 2 heterocycles. The Morgan fingerprint density at radius 2 is 1.67 bits per heavy atom. The van der Waals surface area contributed by atoms with Crippen LogP contribution in [0.4, 0.5) is 10.5 Å². The minimum Gasteiger partial charge on any atom is -0.497 e. The Balaban J connectivity index is 1.02. The molecular weight excluding hydrogens is 456 g/mol. The van der Waals surface area contributed by atoms with Gasteiger partial charge in [-0.15, -0.1) is 0 Å². The number of urea groups is 1. The highest BCUT2D eigenvalue weighted by Crippen LogP contribution is 2.60. The molecule has 0 aromatic heterocycles. The molecule has 2 unspecified atom stereocenters. The number of benzene rings is 1. The van der Waals surface area contributed by atoms with Crippen molar-refractivity contribution in [2.45, 2.75) is 57.1 Å². The molecule has 3 atom stereocenters. The van der Waals surface area contributed by atoms with Gasteiger partial charge in [-0.2, -0.15) is 0 Å². The van der Waals surface area contributed by atoms with Crippen LogP contribution in [0.1, 0.15) is 44.9 Å². The summed E-state index contributed by atoms with van der Waals surface area (Å²) in [7, 11) is 1.67. The molecule has 3 amide bonds. The molecule has 4 aliphatic carbocycles. The zero-order chi connectivity index (χ0) is 24.9. The maximum absolute atomic E-state index is 13.5. The Labute approximate surface area is 213 Å². The van der Waals surface area contributed by atoms with Gasteiger partial charge in [0.1, 0.15) is 5.75 Å². The fourth-order valence-electron chi connectivity index (χ4n) is 8.03. The molecule has 2 saturated heterocycles. The van der Waals surface area contributed by atoms with Crippen LogP contribution in [0, 0.1) is 23.2 Å². The summed E-state index contributed by atoms with van der Waals surface area (Å²) >= 11 is 0. The molecule has 6 fully saturated rings. The highest BCUT2D eigenvalue weighted by Gasteiger charge is 2.58. The van der Waals surface area contributed by atoms with Gasteiger partial charge >= 0.3 is 6.03 Å². The van der Waals surface area contributed by atoms with E-state index in [1.54, 1.807) is 7.11 Å². The fourth-order valence-corrected chi connectivity index (χ4v) is 8.03. The van der Waals surface area contributed by atoms with Crippen LogP contribution < -0.4 is 15.0 Å². The predicted octanol–water partition coefficient (Wildman–Crippen LogP) is 2.71. The molecule has 36 heavy (non-hydrogen) atoms. The van der Waals surface area contributed by atoms with Crippen molar-refractivity contribution in [3.63, 3.8) is 0 Å². The van der Waals surface area contributed by atoms with Crippen molar-refractivity contribution in [3.05, 3.63) is 24.3 Å². The van der Waals surface area contributed by atoms with Gasteiger partial charge in [-0.3, -0.25) is 4.79 Å². The number of ether oxygens (including phenoxy) is 1. The third-order valence-electron chi connectivity index (χ3n) is 9.72. The van der Waals surface area contributed by atoms with Gasteiger partial charge in [-0.25, -0.2) is 4.79 Å². The number of anilines is 1. The van der Waals surface area contributed by atoms with Gasteiger partial charge in [0.25, 0.3) is 0 Å². The van der Waals surface area contributed by atoms with Crippen molar-refractivity contribution in [2.24, 2.45) is 23.2 Å². The third-order valence-corrected chi connectivity index (χ3v) is 9.72. The lowest BCUT2D eigenvalue weighted by atomic mass is 9.48. The molecule has 4 bridgehead atoms. The van der Waals surface area contributed by atoms with Crippen molar-refractivity contribution in [1.82, 2.24) is 15.1 Å². The number of carbonyl (C=O) groups excluding carboxylic acids is 2. The van der Waals surface area contributed by atoms with Crippen LogP contribution >= 0.6 is 0 Å². The van der Waals surface area contributed by atoms with Crippen LogP contribution in [0.15, 0.2) is 24.3 Å². The largest absolute Gasteiger partial charge is 0.497 e. The number of amides is 3. The highest BCUT2D eigenvalue weighted by molar-refractivity contribution is 5.83. The molecule has 1 aromatic carbocycles. The highest BCUT2D eigenvalue weighted by atomic mass is 16.5. The number of methoxy groups -OCH3 is 1. The van der Waals surface area contributed by atoms with Crippen molar-refractivity contribution in [1.29, 1.82) is 0 Å². The number of piperidine rings is 1. The van der Waals surface area contributed by atoms with E-state index in [9.17, 15) is 14.7 Å². The van der Waals surface area contributed by atoms with E-state index in [-0.39, 0.29) is 29.5 Å². The van der Waals surface area contributed by atoms with Crippen LogP contribution in [0.25, 0.3) is 0 Å². The first-order chi connectivity index (χ1) is 17.4. The van der Waals surface area contributed by atoms with E-state index in [1.807, 2.05) is 21.9 Å². The second-order valence-electron chi connectivity index (χ2n) is 12.0. The van der Waals surface area contributed by atoms with Crippen LogP contribution in [-0.4, -0.2) is 85.4 Å². The number of carbonyl (C=O) groups is 2. The van der Waals surface area contributed by atoms with Gasteiger partial charge in [0, 0.05) is 51.0 Å². The summed E-state index contributed by atoms with van der Waals surface area (Å²) in [5.74, 6) is 2.21. The molecule has 6 aliphatic rings. The summed E-state index contributed by atoms with van der Waals surface area (Å²) in [5.41, 5.74) is 0.862. The summed E-state index contributed by atoms with van der Waals surface area (Å²) in [5, 5.41) is 13.9. The standard InChI is InChI=1S/C28H40N4O4/c1-36-24-6-4-23(5-7-24)30-9-11-31(12-10-30)27(35)32-8-2-3-22(18-32)29-26(34)28-15-19-13-20(16-28)25(33)21(14-19)17-28/h4-7,19-22,25,33H,2-3,8-18H2,1H3,(H,29,34)/t19?,20?,21?,22-,25?,28?/m0/s1. The van der Waals surface area contributed by atoms with Gasteiger partial charge < -0.3 is 29.9 Å². The molecule has 4 saturated carbocycles. The van der Waals surface area contributed by atoms with Crippen molar-refractivity contribution < 1.29 is 19.4 Å². The van der Waals surface area contributed by atoms with E-state index in [4.69, 9.17) is 4.74 Å². The summed E-state index contributed by atoms with van der Waals surface area (Å²) in [6, 6.07) is 8.20. The number of hydrogen-bond donors (Lipinski definition) is 2.